The summed E-state index contributed by atoms with van der Waals surface area (Å²) in [4.78, 5) is 31.3. The van der Waals surface area contributed by atoms with Crippen LogP contribution in [0.25, 0.3) is 11.1 Å². The molecule has 3 atom stereocenters. The maximum atomic E-state index is 12.3. The Labute approximate surface area is 257 Å². The number of rotatable bonds is 7. The Kier molecular flexibility index (Phi) is 8.97. The van der Waals surface area contributed by atoms with Crippen LogP contribution in [0.5, 0.6) is 11.5 Å². The fraction of sp³-hybridized carbons (Fsp3) is 0.594. The van der Waals surface area contributed by atoms with Crippen molar-refractivity contribution in [2.75, 3.05) is 32.2 Å². The van der Waals surface area contributed by atoms with Crippen LogP contribution in [-0.2, 0) is 18.9 Å². The van der Waals surface area contributed by atoms with E-state index in [1.165, 1.54) is 0 Å². The summed E-state index contributed by atoms with van der Waals surface area (Å²) in [6, 6.07) is 5.39. The predicted molar refractivity (Wildman–Crippen MR) is 161 cm³/mol. The smallest absolute Gasteiger partial charge is 0.407 e. The molecule has 2 N–H and O–H groups in total. The van der Waals surface area contributed by atoms with Gasteiger partial charge >= 0.3 is 12.1 Å². The molecule has 44 heavy (non-hydrogen) atoms. The molecule has 1 saturated heterocycles. The van der Waals surface area contributed by atoms with E-state index in [0.29, 0.717) is 47.1 Å². The summed E-state index contributed by atoms with van der Waals surface area (Å²) in [5, 5.41) is 13.0. The van der Waals surface area contributed by atoms with Gasteiger partial charge in [0, 0.05) is 56.0 Å². The summed E-state index contributed by atoms with van der Waals surface area (Å²) in [5.74, 6) is -0.380. The predicted octanol–water partition coefficient (Wildman–Crippen LogP) is 5.11. The molecule has 1 aromatic heterocycles. The summed E-state index contributed by atoms with van der Waals surface area (Å²) in [6.45, 7) is 10.1. The van der Waals surface area contributed by atoms with E-state index in [1.54, 1.807) is 33.4 Å². The van der Waals surface area contributed by atoms with Crippen LogP contribution in [0.1, 0.15) is 69.3 Å². The second-order valence-electron chi connectivity index (χ2n) is 12.8. The summed E-state index contributed by atoms with van der Waals surface area (Å²) >= 11 is 0. The number of nitrogens with one attached hydrogen (secondary N) is 1. The zero-order chi connectivity index (χ0) is 31.8. The number of carboxylic acid groups (broad SMARTS) is 1. The highest BCUT2D eigenvalue weighted by atomic mass is 16.8. The van der Waals surface area contributed by atoms with Gasteiger partial charge in [-0.1, -0.05) is 0 Å². The van der Waals surface area contributed by atoms with Crippen molar-refractivity contribution in [3.8, 4) is 22.6 Å². The topological polar surface area (TPSA) is 138 Å². The molecule has 1 aliphatic carbocycles. The van der Waals surface area contributed by atoms with Gasteiger partial charge in [-0.3, -0.25) is 0 Å². The maximum absolute atomic E-state index is 12.3. The van der Waals surface area contributed by atoms with Crippen LogP contribution in [0.3, 0.4) is 0 Å². The lowest BCUT2D eigenvalue weighted by Gasteiger charge is -2.37. The lowest BCUT2D eigenvalue weighted by atomic mass is 9.81. The molecule has 0 spiro atoms. The molecule has 1 aromatic carbocycles. The SMILES string of the molecule is CO[C@H]1CN(c2ccc(-c3cc(C(=O)O)c(C)c4c3OC(C)([C@H]3CC[C@H](NC(=O)OC(C)(C)C)CC3)O4)cn2)C[C@@H](OC)O1. The van der Waals surface area contributed by atoms with E-state index < -0.39 is 36.0 Å². The van der Waals surface area contributed by atoms with Crippen LogP contribution in [0.15, 0.2) is 24.4 Å². The van der Waals surface area contributed by atoms with Crippen molar-refractivity contribution in [3.05, 3.63) is 35.5 Å². The molecule has 12 nitrogen and oxygen atoms in total. The summed E-state index contributed by atoms with van der Waals surface area (Å²) < 4.78 is 35.0. The number of fused-ring (bicyclic) bond motifs is 1. The Balaban J connectivity index is 1.35. The van der Waals surface area contributed by atoms with E-state index in [0.717, 1.165) is 25.7 Å². The molecule has 3 heterocycles. The molecule has 5 rings (SSSR count). The number of carbonyl (C=O) groups excluding carboxylic acids is 1. The molecule has 0 bridgehead atoms. The fourth-order valence-corrected chi connectivity index (χ4v) is 6.09. The first-order valence-corrected chi connectivity index (χ1v) is 15.0. The highest BCUT2D eigenvalue weighted by Gasteiger charge is 2.48. The molecule has 0 radical (unpaired) electrons. The van der Waals surface area contributed by atoms with Crippen molar-refractivity contribution in [2.45, 2.75) is 90.3 Å². The minimum atomic E-state index is -1.05. The number of benzene rings is 1. The van der Waals surface area contributed by atoms with E-state index >= 15 is 0 Å². The lowest BCUT2D eigenvalue weighted by molar-refractivity contribution is -0.235. The molecule has 12 heteroatoms. The van der Waals surface area contributed by atoms with Gasteiger partial charge in [0.15, 0.2) is 24.1 Å². The van der Waals surface area contributed by atoms with E-state index in [1.807, 2.05) is 44.7 Å². The van der Waals surface area contributed by atoms with Crippen LogP contribution in [0.4, 0.5) is 10.6 Å². The van der Waals surface area contributed by atoms with Gasteiger partial charge < -0.3 is 43.7 Å². The monoisotopic (exact) mass is 613 g/mol. The number of anilines is 1. The Bertz CT molecular complexity index is 1360. The molecule has 1 amide bonds. The van der Waals surface area contributed by atoms with E-state index in [2.05, 4.69) is 10.3 Å². The number of pyridine rings is 1. The number of carboxylic acids is 1. The maximum Gasteiger partial charge on any atom is 0.407 e. The Morgan fingerprint density at radius 1 is 1.05 bits per heavy atom. The molecule has 3 aliphatic rings. The number of aromatic carboxylic acids is 1. The van der Waals surface area contributed by atoms with Gasteiger partial charge in [0.1, 0.15) is 11.4 Å². The van der Waals surface area contributed by atoms with Gasteiger partial charge in [0.05, 0.1) is 18.7 Å². The first-order valence-electron chi connectivity index (χ1n) is 15.0. The number of amides is 1. The first-order chi connectivity index (χ1) is 20.8. The molecule has 2 fully saturated rings. The van der Waals surface area contributed by atoms with Crippen molar-refractivity contribution in [2.24, 2.45) is 5.92 Å². The van der Waals surface area contributed by atoms with Gasteiger partial charge in [0.25, 0.3) is 5.79 Å². The van der Waals surface area contributed by atoms with Crippen molar-refractivity contribution in [1.82, 2.24) is 10.3 Å². The van der Waals surface area contributed by atoms with Crippen molar-refractivity contribution >= 4 is 17.9 Å². The van der Waals surface area contributed by atoms with Gasteiger partial charge in [-0.15, -0.1) is 0 Å². The molecule has 240 valence electrons. The van der Waals surface area contributed by atoms with E-state index in [9.17, 15) is 14.7 Å². The lowest BCUT2D eigenvalue weighted by Crippen LogP contribution is -2.49. The number of carbonyl (C=O) groups is 2. The van der Waals surface area contributed by atoms with Gasteiger partial charge in [-0.2, -0.15) is 0 Å². The Morgan fingerprint density at radius 2 is 1.68 bits per heavy atom. The Morgan fingerprint density at radius 3 is 2.23 bits per heavy atom. The standard InChI is InChI=1S/C32H43N3O9/c1-18-22(29(36)37)14-23(19-8-13-24(33-15-19)35-16-25(39-6)41-26(17-35)40-7)28-27(18)42-32(5,43-28)20-9-11-21(12-10-20)34-30(38)44-31(2,3)4/h8,13-15,20-21,25-26H,9-12,16-17H2,1-7H3,(H,34,38)(H,36,37)/t20-,21-,25-,26+,32?. The van der Waals surface area contributed by atoms with Crippen LogP contribution >= 0.6 is 0 Å². The van der Waals surface area contributed by atoms with Crippen LogP contribution < -0.4 is 19.7 Å². The molecule has 1 unspecified atom stereocenters. The highest BCUT2D eigenvalue weighted by molar-refractivity contribution is 5.94. The number of hydrogen-bond acceptors (Lipinski definition) is 10. The normalized spacial score (nSPS) is 26.8. The molecule has 1 saturated carbocycles. The second-order valence-corrected chi connectivity index (χ2v) is 12.8. The summed E-state index contributed by atoms with van der Waals surface area (Å²) in [7, 11) is 3.16. The first kappa shape index (κ1) is 31.8. The van der Waals surface area contributed by atoms with Crippen molar-refractivity contribution in [1.29, 1.82) is 0 Å². The van der Waals surface area contributed by atoms with E-state index in [-0.39, 0.29) is 17.5 Å². The Hall–Kier alpha value is -3.61. The zero-order valence-corrected chi connectivity index (χ0v) is 26.5. The number of aromatic nitrogens is 1. The van der Waals surface area contributed by atoms with Crippen LogP contribution in [-0.4, -0.2) is 79.5 Å². The average Bonchev–Trinajstić information content (AvgIpc) is 3.35. The molecule has 2 aromatic rings. The number of alkyl carbamates (subject to hydrolysis) is 1. The molecule has 2 aliphatic heterocycles. The van der Waals surface area contributed by atoms with E-state index in [4.69, 9.17) is 28.4 Å². The minimum Gasteiger partial charge on any atom is -0.478 e. The fourth-order valence-electron chi connectivity index (χ4n) is 6.09. The summed E-state index contributed by atoms with van der Waals surface area (Å²) in [6.07, 6.45) is 3.38. The quantitative estimate of drug-likeness (QED) is 0.431. The summed E-state index contributed by atoms with van der Waals surface area (Å²) in [5.41, 5.74) is 1.38. The van der Waals surface area contributed by atoms with Crippen molar-refractivity contribution in [3.63, 3.8) is 0 Å². The van der Waals surface area contributed by atoms with Gasteiger partial charge in [0.2, 0.25) is 0 Å². The molecular weight excluding hydrogens is 570 g/mol. The third-order valence-corrected chi connectivity index (χ3v) is 8.46. The third-order valence-electron chi connectivity index (χ3n) is 8.46. The zero-order valence-electron chi connectivity index (χ0n) is 26.5. The number of ether oxygens (including phenoxy) is 6. The van der Waals surface area contributed by atoms with Crippen LogP contribution in [0, 0.1) is 12.8 Å². The minimum absolute atomic E-state index is 0.00113. The second kappa shape index (κ2) is 12.4. The number of morpholine rings is 1. The van der Waals surface area contributed by atoms with Crippen molar-refractivity contribution < 1.29 is 43.1 Å². The van der Waals surface area contributed by atoms with Gasteiger partial charge in [-0.05, 0) is 71.6 Å². The third kappa shape index (κ3) is 6.72. The van der Waals surface area contributed by atoms with Gasteiger partial charge in [-0.25, -0.2) is 14.6 Å². The molecular formula is C32H43N3O9. The number of hydrogen-bond donors (Lipinski definition) is 2. The number of nitrogens with zero attached hydrogens (tertiary/aromatic N) is 2. The van der Waals surface area contributed by atoms with Crippen LogP contribution in [0.2, 0.25) is 0 Å². The number of methoxy groups -OCH3 is 2. The highest BCUT2D eigenvalue weighted by Crippen LogP contribution is 2.52. The average molecular weight is 614 g/mol. The largest absolute Gasteiger partial charge is 0.478 e.